The van der Waals surface area contributed by atoms with E-state index in [-0.39, 0.29) is 40.6 Å². The van der Waals surface area contributed by atoms with Crippen molar-refractivity contribution in [2.75, 3.05) is 34.0 Å². The monoisotopic (exact) mass is 660 g/mol. The van der Waals surface area contributed by atoms with Gasteiger partial charge in [0.2, 0.25) is 0 Å². The van der Waals surface area contributed by atoms with Gasteiger partial charge in [0.05, 0.1) is 49.3 Å². The van der Waals surface area contributed by atoms with E-state index in [1.54, 1.807) is 57.2 Å². The lowest BCUT2D eigenvalue weighted by molar-refractivity contribution is -0.143. The Morgan fingerprint density at radius 3 is 2.52 bits per heavy atom. The summed E-state index contributed by atoms with van der Waals surface area (Å²) in [5, 5.41) is 10.7. The van der Waals surface area contributed by atoms with Gasteiger partial charge in [-0.3, -0.25) is 9.36 Å². The molecule has 0 bridgehead atoms. The van der Waals surface area contributed by atoms with Crippen LogP contribution in [-0.4, -0.2) is 55.7 Å². The molecule has 222 valence electrons. The van der Waals surface area contributed by atoms with Crippen molar-refractivity contribution in [3.8, 4) is 23.0 Å². The van der Waals surface area contributed by atoms with Crippen LogP contribution in [0, 0.1) is 0 Å². The number of aromatic nitrogens is 1. The van der Waals surface area contributed by atoms with Crippen LogP contribution in [0.3, 0.4) is 0 Å². The lowest BCUT2D eigenvalue weighted by Gasteiger charge is -2.25. The Hall–Kier alpha value is -4.10. The number of hydrogen-bond acceptors (Lipinski definition) is 11. The Morgan fingerprint density at radius 2 is 1.86 bits per heavy atom. The summed E-state index contributed by atoms with van der Waals surface area (Å²) in [6.07, 6.45) is 1.54. The molecule has 0 saturated carbocycles. The van der Waals surface area contributed by atoms with Crippen LogP contribution in [0.1, 0.15) is 37.9 Å². The number of esters is 2. The normalized spacial score (nSPS) is 14.6. The number of benzene rings is 2. The highest BCUT2D eigenvalue weighted by molar-refractivity contribution is 9.10. The number of phenolic OH excluding ortho intramolecular Hbond substituents is 1. The second-order valence-electron chi connectivity index (χ2n) is 8.85. The van der Waals surface area contributed by atoms with E-state index in [1.807, 2.05) is 0 Å². The van der Waals surface area contributed by atoms with Gasteiger partial charge in [0.15, 0.2) is 34.4 Å². The fraction of sp³-hybridized carbons (Fsp3) is 0.310. The predicted octanol–water partition coefficient (Wildman–Crippen LogP) is 3.23. The summed E-state index contributed by atoms with van der Waals surface area (Å²) in [6.45, 7) is 5.25. The van der Waals surface area contributed by atoms with Crippen molar-refractivity contribution in [1.82, 2.24) is 4.57 Å². The Morgan fingerprint density at radius 1 is 1.10 bits per heavy atom. The molecule has 0 amide bonds. The molecule has 0 saturated heterocycles. The van der Waals surface area contributed by atoms with Crippen molar-refractivity contribution < 1.29 is 38.4 Å². The largest absolute Gasteiger partial charge is 0.504 e. The summed E-state index contributed by atoms with van der Waals surface area (Å²) in [5.74, 6) is -0.474. The summed E-state index contributed by atoms with van der Waals surface area (Å²) in [5.41, 5.74) is 1.03. The standard InChI is InChI=1S/C29H29BrN2O9S/c1-6-39-20-11-16(8-9-19(20)41-14-23(33)38-5)25-24(28(36)40-7-2)15(3)31-29-32(25)27(35)22(42-29)12-17-10-18(30)13-21(37-4)26(17)34/h8-13,25,34H,6-7,14H2,1-5H3/b22-12-/t25-/m0/s1. The van der Waals surface area contributed by atoms with Crippen molar-refractivity contribution in [2.45, 2.75) is 26.8 Å². The maximum atomic E-state index is 13.9. The summed E-state index contributed by atoms with van der Waals surface area (Å²) in [6, 6.07) is 7.29. The zero-order valence-corrected chi connectivity index (χ0v) is 26.0. The van der Waals surface area contributed by atoms with Gasteiger partial charge in [-0.2, -0.15) is 0 Å². The maximum absolute atomic E-state index is 13.9. The summed E-state index contributed by atoms with van der Waals surface area (Å²) < 4.78 is 29.0. The molecule has 1 aromatic heterocycles. The van der Waals surface area contributed by atoms with Crippen LogP contribution in [0.2, 0.25) is 0 Å². The van der Waals surface area contributed by atoms with Gasteiger partial charge >= 0.3 is 11.9 Å². The molecule has 1 aliphatic rings. The first-order valence-corrected chi connectivity index (χ1v) is 14.5. The first kappa shape index (κ1) is 30.8. The average molecular weight is 662 g/mol. The lowest BCUT2D eigenvalue weighted by atomic mass is 9.95. The topological polar surface area (TPSA) is 135 Å². The summed E-state index contributed by atoms with van der Waals surface area (Å²) in [7, 11) is 2.69. The minimum absolute atomic E-state index is 0.126. The predicted molar refractivity (Wildman–Crippen MR) is 158 cm³/mol. The molecule has 0 unspecified atom stereocenters. The van der Waals surface area contributed by atoms with E-state index in [9.17, 15) is 19.5 Å². The summed E-state index contributed by atoms with van der Waals surface area (Å²) in [4.78, 5) is 43.8. The number of methoxy groups -OCH3 is 2. The molecule has 1 N–H and O–H groups in total. The highest BCUT2D eigenvalue weighted by Gasteiger charge is 2.34. The van der Waals surface area contributed by atoms with E-state index in [2.05, 4.69) is 25.7 Å². The van der Waals surface area contributed by atoms with E-state index in [1.165, 1.54) is 18.8 Å². The molecule has 2 heterocycles. The zero-order valence-electron chi connectivity index (χ0n) is 23.6. The third-order valence-corrected chi connectivity index (χ3v) is 7.69. The van der Waals surface area contributed by atoms with E-state index in [0.717, 1.165) is 11.3 Å². The molecular formula is C29H29BrN2O9S. The number of thiazole rings is 1. The Balaban J connectivity index is 1.93. The molecule has 1 aliphatic heterocycles. The number of hydrogen-bond donors (Lipinski definition) is 1. The number of fused-ring (bicyclic) bond motifs is 1. The number of aromatic hydroxyl groups is 1. The Kier molecular flexibility index (Phi) is 9.74. The van der Waals surface area contributed by atoms with Gasteiger partial charge in [0.25, 0.3) is 5.56 Å². The van der Waals surface area contributed by atoms with Crippen LogP contribution in [0.4, 0.5) is 0 Å². The molecule has 0 aliphatic carbocycles. The Bertz CT molecular complexity index is 1740. The minimum Gasteiger partial charge on any atom is -0.504 e. The highest BCUT2D eigenvalue weighted by atomic mass is 79.9. The third-order valence-electron chi connectivity index (χ3n) is 6.25. The molecular weight excluding hydrogens is 632 g/mol. The second kappa shape index (κ2) is 13.3. The van der Waals surface area contributed by atoms with Gasteiger partial charge < -0.3 is 28.8 Å². The number of carbonyl (C=O) groups is 2. The molecule has 13 heteroatoms. The fourth-order valence-electron chi connectivity index (χ4n) is 4.39. The van der Waals surface area contributed by atoms with Crippen molar-refractivity contribution >= 4 is 45.3 Å². The Labute approximate surface area is 253 Å². The number of ether oxygens (including phenoxy) is 5. The molecule has 4 rings (SSSR count). The van der Waals surface area contributed by atoms with E-state index in [0.29, 0.717) is 38.5 Å². The van der Waals surface area contributed by atoms with Crippen LogP contribution in [0.25, 0.3) is 6.08 Å². The SMILES string of the molecule is CCOC(=O)C1=C(C)N=c2s/c(=C\c3cc(Br)cc(OC)c3O)c(=O)n2[C@H]1c1ccc(OCC(=O)OC)c(OCC)c1. The van der Waals surface area contributed by atoms with Gasteiger partial charge in [-0.1, -0.05) is 33.3 Å². The molecule has 1 atom stereocenters. The van der Waals surface area contributed by atoms with Crippen LogP contribution in [-0.2, 0) is 19.1 Å². The van der Waals surface area contributed by atoms with Crippen LogP contribution in [0.15, 0.2) is 55.9 Å². The second-order valence-corrected chi connectivity index (χ2v) is 10.8. The molecule has 11 nitrogen and oxygen atoms in total. The van der Waals surface area contributed by atoms with Gasteiger partial charge in [-0.25, -0.2) is 14.6 Å². The van der Waals surface area contributed by atoms with Crippen molar-refractivity contribution in [1.29, 1.82) is 0 Å². The molecule has 0 radical (unpaired) electrons. The van der Waals surface area contributed by atoms with E-state index < -0.39 is 23.5 Å². The number of allylic oxidation sites excluding steroid dienone is 1. The van der Waals surface area contributed by atoms with Gasteiger partial charge in [-0.05, 0) is 56.7 Å². The smallest absolute Gasteiger partial charge is 0.343 e. The number of carbonyl (C=O) groups excluding carboxylic acids is 2. The highest BCUT2D eigenvalue weighted by Crippen LogP contribution is 2.37. The van der Waals surface area contributed by atoms with E-state index >= 15 is 0 Å². The molecule has 0 fully saturated rings. The van der Waals surface area contributed by atoms with Crippen LogP contribution < -0.4 is 29.1 Å². The number of phenols is 1. The van der Waals surface area contributed by atoms with Crippen molar-refractivity contribution in [3.05, 3.63) is 76.9 Å². The van der Waals surface area contributed by atoms with Gasteiger partial charge in [0.1, 0.15) is 0 Å². The third kappa shape index (κ3) is 6.21. The first-order valence-electron chi connectivity index (χ1n) is 12.9. The van der Waals surface area contributed by atoms with Crippen LogP contribution >= 0.6 is 27.3 Å². The number of rotatable bonds is 10. The molecule has 0 spiro atoms. The van der Waals surface area contributed by atoms with Crippen molar-refractivity contribution in [3.63, 3.8) is 0 Å². The fourth-order valence-corrected chi connectivity index (χ4v) is 5.88. The molecule has 2 aromatic carbocycles. The minimum atomic E-state index is -0.915. The zero-order chi connectivity index (χ0) is 30.6. The molecule has 42 heavy (non-hydrogen) atoms. The average Bonchev–Trinajstić information content (AvgIpc) is 3.27. The number of nitrogens with zero attached hydrogens (tertiary/aromatic N) is 2. The maximum Gasteiger partial charge on any atom is 0.343 e. The molecule has 3 aromatic rings. The summed E-state index contributed by atoms with van der Waals surface area (Å²) >= 11 is 4.51. The quantitative estimate of drug-likeness (QED) is 0.325. The van der Waals surface area contributed by atoms with Crippen molar-refractivity contribution in [2.24, 2.45) is 4.99 Å². The van der Waals surface area contributed by atoms with Gasteiger partial charge in [-0.15, -0.1) is 0 Å². The number of halogens is 1. The first-order chi connectivity index (χ1) is 20.1. The van der Waals surface area contributed by atoms with Gasteiger partial charge in [0, 0.05) is 10.0 Å². The van der Waals surface area contributed by atoms with Crippen LogP contribution in [0.5, 0.6) is 23.0 Å². The van der Waals surface area contributed by atoms with E-state index in [4.69, 9.17) is 18.9 Å². The lowest BCUT2D eigenvalue weighted by Crippen LogP contribution is -2.40.